The second kappa shape index (κ2) is 6.74. The summed E-state index contributed by atoms with van der Waals surface area (Å²) >= 11 is 4.84. The summed E-state index contributed by atoms with van der Waals surface area (Å²) in [5, 5.41) is 4.27. The summed E-state index contributed by atoms with van der Waals surface area (Å²) in [5.41, 5.74) is 1.31. The Morgan fingerprint density at radius 1 is 1.00 bits per heavy atom. The Labute approximate surface area is 154 Å². The largest absolute Gasteiger partial charge is 0.283 e. The van der Waals surface area contributed by atoms with Gasteiger partial charge in [-0.3, -0.25) is 0 Å². The maximum absolute atomic E-state index is 12.9. The second-order valence-corrected chi connectivity index (χ2v) is 8.98. The lowest BCUT2D eigenvalue weighted by atomic mass is 10.4. The number of hydrogen-bond donors (Lipinski definition) is 0. The van der Waals surface area contributed by atoms with Gasteiger partial charge in [-0.15, -0.1) is 0 Å². The van der Waals surface area contributed by atoms with Crippen LogP contribution in [0.1, 0.15) is 11.4 Å². The predicted molar refractivity (Wildman–Crippen MR) is 99.0 cm³/mol. The fourth-order valence-electron chi connectivity index (χ4n) is 2.30. The molecule has 0 unspecified atom stereocenters. The molecule has 0 saturated carbocycles. The Hall–Kier alpha value is -1.57. The van der Waals surface area contributed by atoms with E-state index in [1.165, 1.54) is 11.8 Å². The number of hydrogen-bond acceptors (Lipinski definition) is 4. The number of aromatic nitrogens is 2. The molecule has 0 saturated heterocycles. The molecule has 3 aromatic rings. The van der Waals surface area contributed by atoms with Crippen molar-refractivity contribution in [2.24, 2.45) is 0 Å². The summed E-state index contributed by atoms with van der Waals surface area (Å²) < 4.78 is 27.7. The van der Waals surface area contributed by atoms with Crippen molar-refractivity contribution in [2.45, 2.75) is 28.5 Å². The summed E-state index contributed by atoms with van der Waals surface area (Å²) in [7, 11) is -3.71. The van der Waals surface area contributed by atoms with E-state index in [0.717, 1.165) is 18.4 Å². The van der Waals surface area contributed by atoms with Crippen LogP contribution in [0, 0.1) is 13.8 Å². The van der Waals surface area contributed by atoms with Crippen molar-refractivity contribution in [3.8, 4) is 0 Å². The van der Waals surface area contributed by atoms with Crippen LogP contribution in [-0.4, -0.2) is 17.6 Å². The molecule has 0 radical (unpaired) electrons. The molecule has 0 fully saturated rings. The van der Waals surface area contributed by atoms with E-state index in [2.05, 4.69) is 21.0 Å². The highest BCUT2D eigenvalue weighted by Gasteiger charge is 2.24. The molecular formula is C17H15BrN2O2S2. The summed E-state index contributed by atoms with van der Waals surface area (Å²) in [4.78, 5) is 2.12. The smallest absolute Gasteiger partial charge is 0.199 e. The molecule has 0 aliphatic carbocycles. The average Bonchev–Trinajstić information content (AvgIpc) is 2.85. The van der Waals surface area contributed by atoms with Crippen LogP contribution in [0.4, 0.5) is 0 Å². The highest BCUT2D eigenvalue weighted by atomic mass is 79.9. The Balaban J connectivity index is 2.04. The molecule has 0 bridgehead atoms. The summed E-state index contributed by atoms with van der Waals surface area (Å²) in [6, 6.07) is 16.4. The predicted octanol–water partition coefficient (Wildman–Crippen LogP) is 4.65. The van der Waals surface area contributed by atoms with Gasteiger partial charge in [-0.05, 0) is 50.2 Å². The number of aryl methyl sites for hydroxylation is 1. The quantitative estimate of drug-likeness (QED) is 0.613. The van der Waals surface area contributed by atoms with Crippen LogP contribution in [0.3, 0.4) is 0 Å². The van der Waals surface area contributed by atoms with Gasteiger partial charge in [-0.1, -0.05) is 45.9 Å². The first kappa shape index (κ1) is 17.3. The van der Waals surface area contributed by atoms with Gasteiger partial charge in [-0.2, -0.15) is 17.6 Å². The van der Waals surface area contributed by atoms with E-state index >= 15 is 0 Å². The van der Waals surface area contributed by atoms with E-state index in [1.807, 2.05) is 37.3 Å². The van der Waals surface area contributed by atoms with Crippen molar-refractivity contribution in [2.75, 3.05) is 0 Å². The Morgan fingerprint density at radius 3 is 2.25 bits per heavy atom. The van der Waals surface area contributed by atoms with Gasteiger partial charge < -0.3 is 0 Å². The van der Waals surface area contributed by atoms with E-state index in [-0.39, 0.29) is 4.90 Å². The van der Waals surface area contributed by atoms with E-state index in [4.69, 9.17) is 0 Å². The molecule has 0 N–H and O–H groups in total. The summed E-state index contributed by atoms with van der Waals surface area (Å²) in [6.07, 6.45) is 0. The first-order valence-electron chi connectivity index (χ1n) is 7.20. The number of benzene rings is 2. The standard InChI is InChI=1S/C17H15BrN2O2S2/c1-12-17(23-15-6-4-3-5-7-15)13(2)20(19-12)24(21,22)16-10-8-14(18)9-11-16/h3-11H,1-2H3. The van der Waals surface area contributed by atoms with Gasteiger partial charge in [0.2, 0.25) is 0 Å². The van der Waals surface area contributed by atoms with Gasteiger partial charge in [0.1, 0.15) is 0 Å². The van der Waals surface area contributed by atoms with Crippen LogP contribution in [0.2, 0.25) is 0 Å². The molecule has 1 aromatic heterocycles. The van der Waals surface area contributed by atoms with Crippen LogP contribution in [-0.2, 0) is 10.0 Å². The van der Waals surface area contributed by atoms with Crippen LogP contribution < -0.4 is 0 Å². The minimum atomic E-state index is -3.71. The molecule has 2 aromatic carbocycles. The van der Waals surface area contributed by atoms with Gasteiger partial charge in [0.25, 0.3) is 10.0 Å². The second-order valence-electron chi connectivity index (χ2n) is 5.22. The van der Waals surface area contributed by atoms with E-state index in [1.54, 1.807) is 31.2 Å². The Morgan fingerprint density at radius 2 is 1.62 bits per heavy atom. The van der Waals surface area contributed by atoms with Crippen molar-refractivity contribution in [1.29, 1.82) is 0 Å². The monoisotopic (exact) mass is 422 g/mol. The Bertz CT molecular complexity index is 966. The molecule has 0 aliphatic heterocycles. The Kier molecular flexibility index (Phi) is 4.85. The van der Waals surface area contributed by atoms with Gasteiger partial charge in [0, 0.05) is 9.37 Å². The van der Waals surface area contributed by atoms with Crippen molar-refractivity contribution < 1.29 is 8.42 Å². The van der Waals surface area contributed by atoms with Crippen LogP contribution in [0.5, 0.6) is 0 Å². The molecule has 0 amide bonds. The van der Waals surface area contributed by atoms with Crippen molar-refractivity contribution >= 4 is 37.7 Å². The minimum absolute atomic E-state index is 0.215. The minimum Gasteiger partial charge on any atom is -0.199 e. The molecule has 7 heteroatoms. The van der Waals surface area contributed by atoms with Crippen molar-refractivity contribution in [3.63, 3.8) is 0 Å². The first-order valence-corrected chi connectivity index (χ1v) is 10.2. The maximum Gasteiger partial charge on any atom is 0.283 e. The van der Waals surface area contributed by atoms with E-state index < -0.39 is 10.0 Å². The molecule has 24 heavy (non-hydrogen) atoms. The average molecular weight is 423 g/mol. The molecule has 1 heterocycles. The number of rotatable bonds is 4. The van der Waals surface area contributed by atoms with Gasteiger partial charge in [0.05, 0.1) is 21.2 Å². The topological polar surface area (TPSA) is 52.0 Å². The highest BCUT2D eigenvalue weighted by Crippen LogP contribution is 2.33. The normalized spacial score (nSPS) is 11.6. The molecule has 0 aliphatic rings. The van der Waals surface area contributed by atoms with E-state index in [0.29, 0.717) is 11.4 Å². The molecule has 0 spiro atoms. The maximum atomic E-state index is 12.9. The van der Waals surface area contributed by atoms with Crippen molar-refractivity contribution in [1.82, 2.24) is 9.19 Å². The third-order valence-corrected chi connectivity index (χ3v) is 7.00. The third-order valence-electron chi connectivity index (χ3n) is 3.49. The lowest BCUT2D eigenvalue weighted by Gasteiger charge is -2.07. The third kappa shape index (κ3) is 3.29. The molecule has 124 valence electrons. The van der Waals surface area contributed by atoms with Gasteiger partial charge >= 0.3 is 0 Å². The fraction of sp³-hybridized carbons (Fsp3) is 0.118. The van der Waals surface area contributed by atoms with Crippen molar-refractivity contribution in [3.05, 3.63) is 70.5 Å². The zero-order valence-corrected chi connectivity index (χ0v) is 16.3. The zero-order valence-electron chi connectivity index (χ0n) is 13.1. The summed E-state index contributed by atoms with van der Waals surface area (Å²) in [6.45, 7) is 3.60. The lowest BCUT2D eigenvalue weighted by molar-refractivity contribution is 0.577. The van der Waals surface area contributed by atoms with E-state index in [9.17, 15) is 8.42 Å². The molecule has 0 atom stereocenters. The van der Waals surface area contributed by atoms with Crippen LogP contribution in [0.15, 0.2) is 73.8 Å². The lowest BCUT2D eigenvalue weighted by Crippen LogP contribution is -2.16. The molecule has 3 rings (SSSR count). The van der Waals surface area contributed by atoms with Gasteiger partial charge in [-0.25, -0.2) is 0 Å². The SMILES string of the molecule is Cc1nn(S(=O)(=O)c2ccc(Br)cc2)c(C)c1Sc1ccccc1. The first-order chi connectivity index (χ1) is 11.4. The zero-order chi connectivity index (χ0) is 17.3. The highest BCUT2D eigenvalue weighted by molar-refractivity contribution is 9.10. The number of halogens is 1. The molecular weight excluding hydrogens is 408 g/mol. The fourth-order valence-corrected chi connectivity index (χ4v) is 4.94. The number of nitrogens with zero attached hydrogens (tertiary/aromatic N) is 2. The van der Waals surface area contributed by atoms with Crippen LogP contribution in [0.25, 0.3) is 0 Å². The van der Waals surface area contributed by atoms with Crippen LogP contribution >= 0.6 is 27.7 Å². The molecule has 4 nitrogen and oxygen atoms in total. The summed E-state index contributed by atoms with van der Waals surface area (Å²) in [5.74, 6) is 0. The van der Waals surface area contributed by atoms with Gasteiger partial charge in [0.15, 0.2) is 0 Å².